The first kappa shape index (κ1) is 14.5. The molecule has 0 heterocycles. The molecule has 100 valence electrons. The Hall–Kier alpha value is -1.56. The maximum absolute atomic E-state index is 11.7. The molecule has 0 amide bonds. The van der Waals surface area contributed by atoms with Crippen molar-refractivity contribution < 1.29 is 18.3 Å². The largest absolute Gasteiger partial charge is 0.478 e. The predicted molar refractivity (Wildman–Crippen MR) is 70.3 cm³/mol. The van der Waals surface area contributed by atoms with Crippen molar-refractivity contribution in [3.63, 3.8) is 0 Å². The number of hydrogen-bond acceptors (Lipinski definition) is 3. The number of carboxylic acid groups (broad SMARTS) is 1. The SMILES string of the molecule is CC(C)CCS(=O)(=O)Nc1cccc(C(=O)O)c1. The van der Waals surface area contributed by atoms with Gasteiger partial charge in [-0.15, -0.1) is 0 Å². The van der Waals surface area contributed by atoms with Crippen molar-refractivity contribution in [2.45, 2.75) is 20.3 Å². The molecule has 0 unspecified atom stereocenters. The van der Waals surface area contributed by atoms with Crippen LogP contribution in [0.4, 0.5) is 5.69 Å². The summed E-state index contributed by atoms with van der Waals surface area (Å²) in [5.41, 5.74) is 0.331. The van der Waals surface area contributed by atoms with Crippen molar-refractivity contribution in [1.29, 1.82) is 0 Å². The highest BCUT2D eigenvalue weighted by Crippen LogP contribution is 2.13. The Morgan fingerprint density at radius 3 is 2.61 bits per heavy atom. The van der Waals surface area contributed by atoms with Gasteiger partial charge in [0.2, 0.25) is 10.0 Å². The molecule has 0 radical (unpaired) electrons. The second-order valence-corrected chi connectivity index (χ2v) is 6.33. The Labute approximate surface area is 107 Å². The molecule has 0 atom stereocenters. The number of benzene rings is 1. The highest BCUT2D eigenvalue weighted by Gasteiger charge is 2.12. The average Bonchev–Trinajstić information content (AvgIpc) is 2.26. The second-order valence-electron chi connectivity index (χ2n) is 4.49. The van der Waals surface area contributed by atoms with Crippen molar-refractivity contribution in [3.05, 3.63) is 29.8 Å². The van der Waals surface area contributed by atoms with Gasteiger partial charge in [-0.05, 0) is 30.5 Å². The Kier molecular flexibility index (Phi) is 4.72. The van der Waals surface area contributed by atoms with Gasteiger partial charge in [0.25, 0.3) is 0 Å². The van der Waals surface area contributed by atoms with E-state index < -0.39 is 16.0 Å². The molecule has 0 fully saturated rings. The lowest BCUT2D eigenvalue weighted by atomic mass is 10.2. The molecule has 1 rings (SSSR count). The van der Waals surface area contributed by atoms with Crippen LogP contribution in [0.1, 0.15) is 30.6 Å². The van der Waals surface area contributed by atoms with Gasteiger partial charge in [0.1, 0.15) is 0 Å². The number of aromatic carboxylic acids is 1. The molecule has 0 saturated heterocycles. The lowest BCUT2D eigenvalue weighted by molar-refractivity contribution is 0.0697. The van der Waals surface area contributed by atoms with E-state index in [1.54, 1.807) is 0 Å². The minimum absolute atomic E-state index is 0.0297. The predicted octanol–water partition coefficient (Wildman–Crippen LogP) is 2.17. The molecule has 1 aromatic carbocycles. The quantitative estimate of drug-likeness (QED) is 0.830. The van der Waals surface area contributed by atoms with E-state index in [0.717, 1.165) is 0 Å². The number of carbonyl (C=O) groups is 1. The zero-order valence-corrected chi connectivity index (χ0v) is 11.2. The fraction of sp³-hybridized carbons (Fsp3) is 0.417. The van der Waals surface area contributed by atoms with Crippen LogP contribution in [-0.2, 0) is 10.0 Å². The molecule has 0 aromatic heterocycles. The van der Waals surface area contributed by atoms with Crippen LogP contribution in [0.25, 0.3) is 0 Å². The second kappa shape index (κ2) is 5.86. The van der Waals surface area contributed by atoms with Crippen molar-refractivity contribution in [2.75, 3.05) is 10.5 Å². The summed E-state index contributed by atoms with van der Waals surface area (Å²) >= 11 is 0. The van der Waals surface area contributed by atoms with E-state index in [1.807, 2.05) is 13.8 Å². The van der Waals surface area contributed by atoms with Gasteiger partial charge in [-0.25, -0.2) is 13.2 Å². The van der Waals surface area contributed by atoms with Crippen LogP contribution in [0.15, 0.2) is 24.3 Å². The van der Waals surface area contributed by atoms with Crippen molar-refractivity contribution >= 4 is 21.7 Å². The van der Waals surface area contributed by atoms with E-state index in [-0.39, 0.29) is 17.0 Å². The summed E-state index contributed by atoms with van der Waals surface area (Å²) in [4.78, 5) is 10.8. The Morgan fingerprint density at radius 1 is 1.39 bits per heavy atom. The monoisotopic (exact) mass is 271 g/mol. The molecule has 0 saturated carbocycles. The fourth-order valence-electron chi connectivity index (χ4n) is 1.34. The summed E-state index contributed by atoms with van der Waals surface area (Å²) < 4.78 is 25.8. The average molecular weight is 271 g/mol. The minimum atomic E-state index is -3.42. The lowest BCUT2D eigenvalue weighted by Gasteiger charge is -2.09. The number of nitrogens with one attached hydrogen (secondary N) is 1. The summed E-state index contributed by atoms with van der Waals surface area (Å²) in [6.07, 6.45) is 0.563. The van der Waals surface area contributed by atoms with E-state index in [1.165, 1.54) is 24.3 Å². The highest BCUT2D eigenvalue weighted by atomic mass is 32.2. The summed E-state index contributed by atoms with van der Waals surface area (Å²) in [5, 5.41) is 8.81. The molecular weight excluding hydrogens is 254 g/mol. The number of carboxylic acids is 1. The maximum Gasteiger partial charge on any atom is 0.335 e. The zero-order chi connectivity index (χ0) is 13.8. The molecule has 0 bridgehead atoms. The highest BCUT2D eigenvalue weighted by molar-refractivity contribution is 7.92. The van der Waals surface area contributed by atoms with Crippen LogP contribution in [0.5, 0.6) is 0 Å². The zero-order valence-electron chi connectivity index (χ0n) is 10.4. The Balaban J connectivity index is 2.78. The third-order valence-electron chi connectivity index (χ3n) is 2.35. The first-order valence-corrected chi connectivity index (χ1v) is 7.29. The van der Waals surface area contributed by atoms with Gasteiger partial charge >= 0.3 is 5.97 Å². The number of hydrogen-bond donors (Lipinski definition) is 2. The van der Waals surface area contributed by atoms with Crippen molar-refractivity contribution in [1.82, 2.24) is 0 Å². The maximum atomic E-state index is 11.7. The Morgan fingerprint density at radius 2 is 2.06 bits per heavy atom. The molecule has 18 heavy (non-hydrogen) atoms. The van der Waals surface area contributed by atoms with Gasteiger partial charge in [-0.1, -0.05) is 19.9 Å². The molecule has 6 heteroatoms. The van der Waals surface area contributed by atoms with Crippen LogP contribution in [0.3, 0.4) is 0 Å². The van der Waals surface area contributed by atoms with E-state index in [9.17, 15) is 13.2 Å². The van der Waals surface area contributed by atoms with Gasteiger partial charge in [-0.2, -0.15) is 0 Å². The summed E-state index contributed by atoms with van der Waals surface area (Å²) in [5.74, 6) is -0.757. The Bertz CT molecular complexity index is 523. The first-order chi connectivity index (χ1) is 8.30. The lowest BCUT2D eigenvalue weighted by Crippen LogP contribution is -2.18. The standard InChI is InChI=1S/C12H17NO4S/c1-9(2)6-7-18(16,17)13-11-5-3-4-10(8-11)12(14)15/h3-5,8-9,13H,6-7H2,1-2H3,(H,14,15). The van der Waals surface area contributed by atoms with E-state index >= 15 is 0 Å². The van der Waals surface area contributed by atoms with Gasteiger partial charge in [0.15, 0.2) is 0 Å². The summed E-state index contributed by atoms with van der Waals surface area (Å²) in [7, 11) is -3.42. The van der Waals surface area contributed by atoms with Crippen LogP contribution in [0.2, 0.25) is 0 Å². The normalized spacial score (nSPS) is 11.5. The van der Waals surface area contributed by atoms with E-state index in [2.05, 4.69) is 4.72 Å². The van der Waals surface area contributed by atoms with Gasteiger partial charge < -0.3 is 5.11 Å². The molecular formula is C12H17NO4S. The number of rotatable bonds is 6. The molecule has 0 aliphatic rings. The van der Waals surface area contributed by atoms with E-state index in [4.69, 9.17) is 5.11 Å². The number of sulfonamides is 1. The van der Waals surface area contributed by atoms with Gasteiger partial charge in [-0.3, -0.25) is 4.72 Å². The smallest absolute Gasteiger partial charge is 0.335 e. The molecule has 0 aliphatic carbocycles. The summed E-state index contributed by atoms with van der Waals surface area (Å²) in [6, 6.07) is 5.74. The van der Waals surface area contributed by atoms with Crippen LogP contribution >= 0.6 is 0 Å². The molecule has 5 nitrogen and oxygen atoms in total. The van der Waals surface area contributed by atoms with Crippen LogP contribution in [-0.4, -0.2) is 25.2 Å². The third-order valence-corrected chi connectivity index (χ3v) is 3.67. The topological polar surface area (TPSA) is 83.5 Å². The molecule has 1 aromatic rings. The van der Waals surface area contributed by atoms with E-state index in [0.29, 0.717) is 12.3 Å². The molecule has 0 spiro atoms. The molecule has 0 aliphatic heterocycles. The first-order valence-electron chi connectivity index (χ1n) is 5.64. The van der Waals surface area contributed by atoms with Gasteiger partial charge in [0, 0.05) is 5.69 Å². The van der Waals surface area contributed by atoms with Crippen LogP contribution in [0, 0.1) is 5.92 Å². The summed E-state index contributed by atoms with van der Waals surface area (Å²) in [6.45, 7) is 3.89. The van der Waals surface area contributed by atoms with Crippen LogP contribution < -0.4 is 4.72 Å². The molecule has 2 N–H and O–H groups in total. The van der Waals surface area contributed by atoms with Gasteiger partial charge in [0.05, 0.1) is 11.3 Å². The van der Waals surface area contributed by atoms with Crippen molar-refractivity contribution in [3.8, 4) is 0 Å². The third kappa shape index (κ3) is 4.75. The van der Waals surface area contributed by atoms with Crippen molar-refractivity contribution in [2.24, 2.45) is 5.92 Å². The number of anilines is 1. The minimum Gasteiger partial charge on any atom is -0.478 e. The fourth-order valence-corrected chi connectivity index (χ4v) is 2.71.